The minimum Gasteiger partial charge on any atom is -0.497 e. The number of anilines is 1. The first-order valence-corrected chi connectivity index (χ1v) is 10.5. The number of carbonyl (C=O) groups excluding carboxylic acids is 1. The molecule has 1 saturated heterocycles. The van der Waals surface area contributed by atoms with Gasteiger partial charge in [-0.15, -0.1) is 12.4 Å². The molecule has 0 aromatic heterocycles. The van der Waals surface area contributed by atoms with Crippen molar-refractivity contribution < 1.29 is 9.53 Å². The molecule has 1 amide bonds. The van der Waals surface area contributed by atoms with E-state index in [1.54, 1.807) is 7.11 Å². The first kappa shape index (κ1) is 23.3. The van der Waals surface area contributed by atoms with Gasteiger partial charge in [-0.3, -0.25) is 9.69 Å². The molecule has 0 unspecified atom stereocenters. The summed E-state index contributed by atoms with van der Waals surface area (Å²) in [5.41, 5.74) is 1.25. The lowest BCUT2D eigenvalue weighted by atomic mass is 9.84. The molecule has 0 radical (unpaired) electrons. The first-order chi connectivity index (χ1) is 13.7. The van der Waals surface area contributed by atoms with E-state index < -0.39 is 0 Å². The van der Waals surface area contributed by atoms with Crippen LogP contribution in [-0.4, -0.2) is 56.7 Å². The zero-order valence-corrected chi connectivity index (χ0v) is 18.1. The zero-order valence-electron chi connectivity index (χ0n) is 17.3. The van der Waals surface area contributed by atoms with Gasteiger partial charge in [-0.2, -0.15) is 5.26 Å². The van der Waals surface area contributed by atoms with Gasteiger partial charge in [0.2, 0.25) is 5.91 Å². The van der Waals surface area contributed by atoms with Crippen molar-refractivity contribution in [3.63, 3.8) is 0 Å². The van der Waals surface area contributed by atoms with E-state index in [1.807, 2.05) is 12.1 Å². The lowest BCUT2D eigenvalue weighted by Crippen LogP contribution is -2.47. The Morgan fingerprint density at radius 1 is 1.21 bits per heavy atom. The van der Waals surface area contributed by atoms with Crippen molar-refractivity contribution in [3.05, 3.63) is 24.3 Å². The fourth-order valence-corrected chi connectivity index (χ4v) is 4.35. The molecule has 2 fully saturated rings. The Balaban J connectivity index is 0.00000300. The number of benzene rings is 1. The summed E-state index contributed by atoms with van der Waals surface area (Å²) in [7, 11) is 1.71. The van der Waals surface area contributed by atoms with E-state index in [0.717, 1.165) is 50.7 Å². The number of nitrogens with zero attached hydrogens (tertiary/aromatic N) is 3. The molecule has 3 rings (SSSR count). The monoisotopic (exact) mass is 420 g/mol. The Morgan fingerprint density at radius 3 is 2.59 bits per heavy atom. The molecule has 160 valence electrons. The fraction of sp³-hybridized carbons (Fsp3) is 0.636. The highest BCUT2D eigenvalue weighted by Crippen LogP contribution is 2.28. The van der Waals surface area contributed by atoms with Crippen molar-refractivity contribution in [2.75, 3.05) is 44.7 Å². The Labute approximate surface area is 180 Å². The van der Waals surface area contributed by atoms with Crippen LogP contribution in [0.4, 0.5) is 5.69 Å². The number of ether oxygens (including phenoxy) is 1. The Hall–Kier alpha value is -1.97. The van der Waals surface area contributed by atoms with Gasteiger partial charge in [0.1, 0.15) is 12.2 Å². The normalized spacial score (nSPS) is 22.3. The van der Waals surface area contributed by atoms with Crippen LogP contribution in [0.5, 0.6) is 5.75 Å². The standard InChI is InChI=1S/C22H32N4O2.ClH/c1-28-21-4-2-3-20(17-21)26-15-13-25(14-16-26)12-10-18-5-7-19(8-6-18)24-22(27)9-11-23;/h2-4,17-19H,5-10,12-16H2,1H3,(H,24,27);1H. The van der Waals surface area contributed by atoms with Gasteiger partial charge in [0.25, 0.3) is 0 Å². The van der Waals surface area contributed by atoms with Gasteiger partial charge in [-0.1, -0.05) is 6.07 Å². The third-order valence-corrected chi connectivity index (χ3v) is 6.10. The van der Waals surface area contributed by atoms with Crippen molar-refractivity contribution in [2.45, 2.75) is 44.6 Å². The molecule has 0 spiro atoms. The molecule has 1 N–H and O–H groups in total. The number of amides is 1. The summed E-state index contributed by atoms with van der Waals surface area (Å²) in [6.45, 7) is 5.51. The molecule has 1 aromatic carbocycles. The van der Waals surface area contributed by atoms with Crippen LogP contribution in [-0.2, 0) is 4.79 Å². The van der Waals surface area contributed by atoms with Gasteiger partial charge in [0, 0.05) is 44.0 Å². The molecular formula is C22H33ClN4O2. The molecule has 29 heavy (non-hydrogen) atoms. The van der Waals surface area contributed by atoms with E-state index in [2.05, 4.69) is 33.3 Å². The van der Waals surface area contributed by atoms with Crippen molar-refractivity contribution in [1.29, 1.82) is 5.26 Å². The highest BCUT2D eigenvalue weighted by atomic mass is 35.5. The van der Waals surface area contributed by atoms with Gasteiger partial charge in [0.15, 0.2) is 0 Å². The number of piperazine rings is 1. The lowest BCUT2D eigenvalue weighted by molar-refractivity contribution is -0.121. The quantitative estimate of drug-likeness (QED) is 0.733. The van der Waals surface area contributed by atoms with Crippen LogP contribution in [0.15, 0.2) is 24.3 Å². The number of nitrogens with one attached hydrogen (secondary N) is 1. The summed E-state index contributed by atoms with van der Waals surface area (Å²) in [6.07, 6.45) is 5.68. The Bertz CT molecular complexity index is 678. The second kappa shape index (κ2) is 11.9. The Morgan fingerprint density at radius 2 is 1.93 bits per heavy atom. The second-order valence-corrected chi connectivity index (χ2v) is 7.94. The minimum absolute atomic E-state index is 0. The molecule has 2 aliphatic rings. The van der Waals surface area contributed by atoms with Gasteiger partial charge in [-0.25, -0.2) is 0 Å². The van der Waals surface area contributed by atoms with E-state index >= 15 is 0 Å². The number of nitriles is 1. The Kier molecular flexibility index (Phi) is 9.56. The summed E-state index contributed by atoms with van der Waals surface area (Å²) in [6, 6.07) is 10.5. The van der Waals surface area contributed by atoms with Crippen molar-refractivity contribution in [3.8, 4) is 11.8 Å². The molecule has 1 heterocycles. The predicted octanol–water partition coefficient (Wildman–Crippen LogP) is 3.22. The van der Waals surface area contributed by atoms with Crippen LogP contribution < -0.4 is 15.0 Å². The number of halogens is 1. The van der Waals surface area contributed by atoms with Crippen LogP contribution in [0.2, 0.25) is 0 Å². The summed E-state index contributed by atoms with van der Waals surface area (Å²) in [4.78, 5) is 16.6. The van der Waals surface area contributed by atoms with Gasteiger partial charge >= 0.3 is 0 Å². The van der Waals surface area contributed by atoms with Crippen LogP contribution in [0.25, 0.3) is 0 Å². The number of methoxy groups -OCH3 is 1. The molecule has 0 atom stereocenters. The van der Waals surface area contributed by atoms with E-state index in [0.29, 0.717) is 0 Å². The molecular weight excluding hydrogens is 388 g/mol. The number of carbonyl (C=O) groups is 1. The minimum atomic E-state index is -0.125. The average Bonchev–Trinajstić information content (AvgIpc) is 2.74. The topological polar surface area (TPSA) is 68.6 Å². The van der Waals surface area contributed by atoms with E-state index in [-0.39, 0.29) is 30.8 Å². The van der Waals surface area contributed by atoms with E-state index in [1.165, 1.54) is 31.5 Å². The van der Waals surface area contributed by atoms with Crippen molar-refractivity contribution in [2.24, 2.45) is 5.92 Å². The third-order valence-electron chi connectivity index (χ3n) is 6.10. The fourth-order valence-electron chi connectivity index (χ4n) is 4.35. The maximum absolute atomic E-state index is 11.5. The molecule has 1 aliphatic carbocycles. The SMILES string of the molecule is COc1cccc(N2CCN(CCC3CCC(NC(=O)CC#N)CC3)CC2)c1.Cl. The van der Waals surface area contributed by atoms with Crippen LogP contribution in [0.3, 0.4) is 0 Å². The molecule has 6 nitrogen and oxygen atoms in total. The summed E-state index contributed by atoms with van der Waals surface area (Å²) >= 11 is 0. The number of rotatable bonds is 7. The maximum atomic E-state index is 11.5. The molecule has 7 heteroatoms. The highest BCUT2D eigenvalue weighted by molar-refractivity contribution is 5.85. The second-order valence-electron chi connectivity index (χ2n) is 7.94. The number of hydrogen-bond donors (Lipinski definition) is 1. The number of hydrogen-bond acceptors (Lipinski definition) is 5. The van der Waals surface area contributed by atoms with Crippen LogP contribution >= 0.6 is 12.4 Å². The average molecular weight is 421 g/mol. The zero-order chi connectivity index (χ0) is 19.8. The highest BCUT2D eigenvalue weighted by Gasteiger charge is 2.24. The van der Waals surface area contributed by atoms with Crippen molar-refractivity contribution in [1.82, 2.24) is 10.2 Å². The largest absolute Gasteiger partial charge is 0.497 e. The molecule has 1 aromatic rings. The molecule has 0 bridgehead atoms. The van der Waals surface area contributed by atoms with E-state index in [9.17, 15) is 4.79 Å². The molecule has 1 aliphatic heterocycles. The van der Waals surface area contributed by atoms with Crippen LogP contribution in [0, 0.1) is 17.2 Å². The third kappa shape index (κ3) is 7.09. The summed E-state index contributed by atoms with van der Waals surface area (Å²) in [5, 5.41) is 11.6. The van der Waals surface area contributed by atoms with E-state index in [4.69, 9.17) is 10.00 Å². The summed E-state index contributed by atoms with van der Waals surface area (Å²) in [5.74, 6) is 1.56. The van der Waals surface area contributed by atoms with Gasteiger partial charge in [-0.05, 0) is 56.7 Å². The van der Waals surface area contributed by atoms with Crippen molar-refractivity contribution >= 4 is 24.0 Å². The van der Waals surface area contributed by atoms with Gasteiger partial charge < -0.3 is 15.0 Å². The first-order valence-electron chi connectivity index (χ1n) is 10.5. The smallest absolute Gasteiger partial charge is 0.234 e. The maximum Gasteiger partial charge on any atom is 0.234 e. The lowest BCUT2D eigenvalue weighted by Gasteiger charge is -2.37. The summed E-state index contributed by atoms with van der Waals surface area (Å²) < 4.78 is 5.34. The molecule has 1 saturated carbocycles. The predicted molar refractivity (Wildman–Crippen MR) is 118 cm³/mol. The van der Waals surface area contributed by atoms with Crippen LogP contribution in [0.1, 0.15) is 38.5 Å². The van der Waals surface area contributed by atoms with Gasteiger partial charge in [0.05, 0.1) is 13.2 Å².